The lowest BCUT2D eigenvalue weighted by molar-refractivity contribution is 0.302. The lowest BCUT2D eigenvalue weighted by atomic mass is 10.2. The van der Waals surface area contributed by atoms with Crippen molar-refractivity contribution in [2.24, 2.45) is 0 Å². The molecule has 0 saturated heterocycles. The fraction of sp³-hybridized carbons (Fsp3) is 0.111. The molecule has 3 rings (SSSR count). The number of nitriles is 1. The van der Waals surface area contributed by atoms with E-state index in [1.165, 1.54) is 5.56 Å². The van der Waals surface area contributed by atoms with Gasteiger partial charge in [0.2, 0.25) is 0 Å². The van der Waals surface area contributed by atoms with E-state index in [0.29, 0.717) is 17.9 Å². The Morgan fingerprint density at radius 1 is 1.18 bits per heavy atom. The Balaban J connectivity index is 1.69. The first kappa shape index (κ1) is 14.3. The molecule has 0 aliphatic carbocycles. The summed E-state index contributed by atoms with van der Waals surface area (Å²) in [6.45, 7) is 2.47. The highest BCUT2D eigenvalue weighted by Gasteiger charge is 2.05. The fourth-order valence-electron chi connectivity index (χ4n) is 2.01. The van der Waals surface area contributed by atoms with Gasteiger partial charge in [-0.15, -0.1) is 11.3 Å². The van der Waals surface area contributed by atoms with Crippen molar-refractivity contribution in [1.82, 2.24) is 4.98 Å². The molecule has 108 valence electrons. The monoisotopic (exact) mass is 306 g/mol. The van der Waals surface area contributed by atoms with Crippen LogP contribution in [0.3, 0.4) is 0 Å². The predicted molar refractivity (Wildman–Crippen MR) is 87.8 cm³/mol. The highest BCUT2D eigenvalue weighted by molar-refractivity contribution is 7.13. The first-order chi connectivity index (χ1) is 10.7. The van der Waals surface area contributed by atoms with Gasteiger partial charge in [0.15, 0.2) is 0 Å². The van der Waals surface area contributed by atoms with Crippen LogP contribution in [0.5, 0.6) is 5.75 Å². The number of hydrogen-bond acceptors (Lipinski definition) is 4. The predicted octanol–water partition coefficient (Wildman–Crippen LogP) is 4.57. The van der Waals surface area contributed by atoms with Crippen LogP contribution in [-0.2, 0) is 6.61 Å². The molecule has 0 aliphatic heterocycles. The van der Waals surface area contributed by atoms with E-state index in [2.05, 4.69) is 42.2 Å². The van der Waals surface area contributed by atoms with Crippen molar-refractivity contribution in [3.63, 3.8) is 0 Å². The molecule has 2 aromatic carbocycles. The van der Waals surface area contributed by atoms with Crippen LogP contribution < -0.4 is 4.74 Å². The average Bonchev–Trinajstić information content (AvgIpc) is 3.03. The molecule has 0 aliphatic rings. The third kappa shape index (κ3) is 3.33. The van der Waals surface area contributed by atoms with Crippen LogP contribution in [-0.4, -0.2) is 4.98 Å². The Bertz CT molecular complexity index is 816. The molecule has 1 aromatic heterocycles. The van der Waals surface area contributed by atoms with Crippen molar-refractivity contribution in [3.05, 3.63) is 70.7 Å². The van der Waals surface area contributed by atoms with Crippen molar-refractivity contribution < 1.29 is 4.74 Å². The molecule has 4 heteroatoms. The lowest BCUT2D eigenvalue weighted by Gasteiger charge is -2.04. The maximum absolute atomic E-state index is 8.88. The zero-order valence-corrected chi connectivity index (χ0v) is 12.9. The molecule has 0 radical (unpaired) electrons. The number of aromatic nitrogens is 1. The summed E-state index contributed by atoms with van der Waals surface area (Å²) >= 11 is 1.61. The minimum atomic E-state index is 0.400. The first-order valence-corrected chi connectivity index (χ1v) is 7.77. The zero-order chi connectivity index (χ0) is 15.4. The maximum atomic E-state index is 8.88. The molecule has 0 fully saturated rings. The summed E-state index contributed by atoms with van der Waals surface area (Å²) in [7, 11) is 0. The minimum absolute atomic E-state index is 0.400. The number of nitrogens with zero attached hydrogens (tertiary/aromatic N) is 2. The van der Waals surface area contributed by atoms with Gasteiger partial charge in [0.25, 0.3) is 0 Å². The third-order valence-corrected chi connectivity index (χ3v) is 4.14. The van der Waals surface area contributed by atoms with Crippen LogP contribution in [0.15, 0.2) is 53.9 Å². The smallest absolute Gasteiger partial charge is 0.131 e. The van der Waals surface area contributed by atoms with Gasteiger partial charge in [0.1, 0.15) is 17.4 Å². The van der Waals surface area contributed by atoms with Gasteiger partial charge in [0, 0.05) is 10.9 Å². The van der Waals surface area contributed by atoms with Crippen LogP contribution >= 0.6 is 11.3 Å². The Kier molecular flexibility index (Phi) is 4.17. The summed E-state index contributed by atoms with van der Waals surface area (Å²) in [5.41, 5.74) is 3.84. The number of hydrogen-bond donors (Lipinski definition) is 0. The van der Waals surface area contributed by atoms with Crippen molar-refractivity contribution in [2.75, 3.05) is 0 Å². The molecule has 0 bridgehead atoms. The summed E-state index contributed by atoms with van der Waals surface area (Å²) in [4.78, 5) is 4.60. The number of rotatable bonds is 4. The van der Waals surface area contributed by atoms with Gasteiger partial charge in [0.05, 0.1) is 17.3 Å². The lowest BCUT2D eigenvalue weighted by Crippen LogP contribution is -1.96. The Labute approximate surface area is 133 Å². The van der Waals surface area contributed by atoms with E-state index in [1.54, 1.807) is 23.5 Å². The molecular weight excluding hydrogens is 292 g/mol. The topological polar surface area (TPSA) is 45.9 Å². The van der Waals surface area contributed by atoms with E-state index < -0.39 is 0 Å². The number of ether oxygens (including phenoxy) is 1. The van der Waals surface area contributed by atoms with E-state index in [1.807, 2.05) is 17.5 Å². The molecule has 1 heterocycles. The van der Waals surface area contributed by atoms with E-state index in [0.717, 1.165) is 16.3 Å². The summed E-state index contributed by atoms with van der Waals surface area (Å²) in [6.07, 6.45) is 0. The van der Waals surface area contributed by atoms with Crippen LogP contribution in [0.1, 0.15) is 16.8 Å². The Morgan fingerprint density at radius 2 is 2.00 bits per heavy atom. The number of thiazole rings is 1. The van der Waals surface area contributed by atoms with E-state index in [4.69, 9.17) is 10.00 Å². The second-order valence-corrected chi connectivity index (χ2v) is 5.80. The summed E-state index contributed by atoms with van der Waals surface area (Å²) in [6, 6.07) is 17.6. The van der Waals surface area contributed by atoms with E-state index >= 15 is 0 Å². The number of aryl methyl sites for hydroxylation is 1. The average molecular weight is 306 g/mol. The fourth-order valence-corrected chi connectivity index (χ4v) is 2.83. The van der Waals surface area contributed by atoms with E-state index in [9.17, 15) is 0 Å². The highest BCUT2D eigenvalue weighted by Crippen LogP contribution is 2.24. The molecule has 0 saturated carbocycles. The molecule has 3 nitrogen and oxygen atoms in total. The molecule has 0 unspecified atom stereocenters. The van der Waals surface area contributed by atoms with Crippen LogP contribution in [0, 0.1) is 18.3 Å². The molecule has 0 atom stereocenters. The Hall–Kier alpha value is -2.64. The van der Waals surface area contributed by atoms with Crippen molar-refractivity contribution in [2.45, 2.75) is 13.5 Å². The number of benzene rings is 2. The minimum Gasteiger partial charge on any atom is -0.487 e. The van der Waals surface area contributed by atoms with Crippen molar-refractivity contribution in [1.29, 1.82) is 5.26 Å². The van der Waals surface area contributed by atoms with Gasteiger partial charge in [-0.2, -0.15) is 5.26 Å². The van der Waals surface area contributed by atoms with Gasteiger partial charge < -0.3 is 4.74 Å². The highest BCUT2D eigenvalue weighted by atomic mass is 32.1. The van der Waals surface area contributed by atoms with Crippen LogP contribution in [0.25, 0.3) is 10.6 Å². The zero-order valence-electron chi connectivity index (χ0n) is 12.1. The summed E-state index contributed by atoms with van der Waals surface area (Å²) in [5, 5.41) is 11.9. The normalized spacial score (nSPS) is 10.2. The van der Waals surface area contributed by atoms with Crippen molar-refractivity contribution in [3.8, 4) is 22.4 Å². The largest absolute Gasteiger partial charge is 0.487 e. The van der Waals surface area contributed by atoms with Gasteiger partial charge in [-0.1, -0.05) is 35.9 Å². The molecule has 3 aromatic rings. The second kappa shape index (κ2) is 6.42. The third-order valence-electron chi connectivity index (χ3n) is 3.20. The van der Waals surface area contributed by atoms with Gasteiger partial charge in [-0.3, -0.25) is 0 Å². The summed E-state index contributed by atoms with van der Waals surface area (Å²) < 4.78 is 5.70. The summed E-state index contributed by atoms with van der Waals surface area (Å²) in [5.74, 6) is 0.684. The van der Waals surface area contributed by atoms with Crippen LogP contribution in [0.2, 0.25) is 0 Å². The SMILES string of the molecule is Cc1ccc(-c2nc(COc3cccc(C#N)c3)cs2)cc1. The maximum Gasteiger partial charge on any atom is 0.131 e. The molecule has 0 spiro atoms. The molecule has 0 N–H and O–H groups in total. The molecule has 0 amide bonds. The molecular formula is C18H14N2OS. The Morgan fingerprint density at radius 3 is 2.77 bits per heavy atom. The quantitative estimate of drug-likeness (QED) is 0.709. The van der Waals surface area contributed by atoms with Gasteiger partial charge in [-0.05, 0) is 25.1 Å². The van der Waals surface area contributed by atoms with Crippen molar-refractivity contribution >= 4 is 11.3 Å². The first-order valence-electron chi connectivity index (χ1n) is 6.89. The van der Waals surface area contributed by atoms with E-state index in [-0.39, 0.29) is 0 Å². The standard InChI is InChI=1S/C18H14N2OS/c1-13-5-7-15(8-6-13)18-20-16(12-22-18)11-21-17-4-2-3-14(9-17)10-19/h2-9,12H,11H2,1H3. The second-order valence-electron chi connectivity index (χ2n) is 4.94. The molecule has 22 heavy (non-hydrogen) atoms. The van der Waals surface area contributed by atoms with Gasteiger partial charge >= 0.3 is 0 Å². The van der Waals surface area contributed by atoms with Crippen LogP contribution in [0.4, 0.5) is 0 Å². The van der Waals surface area contributed by atoms with Gasteiger partial charge in [-0.25, -0.2) is 4.98 Å².